The number of fused-ring (bicyclic) bond motifs is 1. The molecule has 0 unspecified atom stereocenters. The normalized spacial score (nSPS) is 10.2. The number of aromatic nitrogens is 2. The van der Waals surface area contributed by atoms with Gasteiger partial charge in [-0.15, -0.1) is 11.8 Å². The lowest BCUT2D eigenvalue weighted by Gasteiger charge is -2.12. The molecule has 3 rings (SSSR count). The van der Waals surface area contributed by atoms with Gasteiger partial charge in [-0.2, -0.15) is 0 Å². The maximum atomic E-state index is 14.7. The molecular weight excluding hydrogens is 357 g/mol. The predicted octanol–water partition coefficient (Wildman–Crippen LogP) is 4.51. The molecule has 142 valence electrons. The quantitative estimate of drug-likeness (QED) is 0.507. The Hall–Kier alpha value is -3.46. The summed E-state index contributed by atoms with van der Waals surface area (Å²) < 4.78 is 20.2. The smallest absolute Gasteiger partial charge is 0.274 e. The molecule has 28 heavy (non-hydrogen) atoms. The van der Waals surface area contributed by atoms with Gasteiger partial charge in [0.05, 0.1) is 23.3 Å². The number of rotatable bonds is 6. The highest BCUT2D eigenvalue weighted by Gasteiger charge is 2.16. The fraction of sp³-hybridized carbons (Fsp3) is 0.227. The zero-order valence-electron chi connectivity index (χ0n) is 15.8. The molecule has 6 heteroatoms. The van der Waals surface area contributed by atoms with Crippen molar-refractivity contribution in [1.82, 2.24) is 9.97 Å². The molecule has 2 heterocycles. The van der Waals surface area contributed by atoms with Crippen LogP contribution in [0.25, 0.3) is 11.0 Å². The zero-order chi connectivity index (χ0) is 19.9. The van der Waals surface area contributed by atoms with E-state index in [0.29, 0.717) is 36.0 Å². The van der Waals surface area contributed by atoms with Crippen molar-refractivity contribution in [2.75, 3.05) is 11.9 Å². The Morgan fingerprint density at radius 3 is 2.93 bits per heavy atom. The van der Waals surface area contributed by atoms with Gasteiger partial charge in [0.25, 0.3) is 5.91 Å². The number of hydrogen-bond donors (Lipinski definition) is 1. The van der Waals surface area contributed by atoms with Crippen molar-refractivity contribution in [3.8, 4) is 17.6 Å². The van der Waals surface area contributed by atoms with Gasteiger partial charge in [0.15, 0.2) is 11.6 Å². The Morgan fingerprint density at radius 1 is 1.25 bits per heavy atom. The Bertz CT molecular complexity index is 1070. The number of aryl methyl sites for hydroxylation is 1. The Labute approximate surface area is 163 Å². The summed E-state index contributed by atoms with van der Waals surface area (Å²) >= 11 is 0. The molecule has 0 bridgehead atoms. The number of nitrogens with zero attached hydrogens (tertiary/aromatic N) is 2. The number of halogens is 1. The minimum Gasteiger partial charge on any atom is -0.490 e. The summed E-state index contributed by atoms with van der Waals surface area (Å²) in [6.07, 6.45) is 3.06. The lowest BCUT2D eigenvalue weighted by atomic mass is 10.1. The number of hydrogen-bond acceptors (Lipinski definition) is 4. The van der Waals surface area contributed by atoms with Crippen LogP contribution in [0.2, 0.25) is 0 Å². The van der Waals surface area contributed by atoms with Crippen LogP contribution in [-0.2, 0) is 0 Å². The van der Waals surface area contributed by atoms with Crippen LogP contribution in [0.15, 0.2) is 42.6 Å². The number of pyridine rings is 2. The van der Waals surface area contributed by atoms with E-state index in [2.05, 4.69) is 27.1 Å². The van der Waals surface area contributed by atoms with Gasteiger partial charge in [-0.05, 0) is 56.2 Å². The molecule has 5 nitrogen and oxygen atoms in total. The van der Waals surface area contributed by atoms with E-state index < -0.39 is 11.7 Å². The van der Waals surface area contributed by atoms with Crippen LogP contribution >= 0.6 is 0 Å². The number of nitrogens with one attached hydrogen (secondary N) is 1. The molecule has 0 fully saturated rings. The summed E-state index contributed by atoms with van der Waals surface area (Å²) in [6, 6.07) is 9.95. The first-order chi connectivity index (χ1) is 13.6. The van der Waals surface area contributed by atoms with E-state index in [1.54, 1.807) is 44.3 Å². The maximum absolute atomic E-state index is 14.7. The highest BCUT2D eigenvalue weighted by Crippen LogP contribution is 2.25. The molecule has 1 amide bonds. The summed E-state index contributed by atoms with van der Waals surface area (Å²) in [5, 5.41) is 2.58. The number of unbranched alkanes of at least 4 members (excludes halogenated alkanes) is 1. The van der Waals surface area contributed by atoms with Crippen LogP contribution in [0.5, 0.6) is 5.75 Å². The second-order valence-electron chi connectivity index (χ2n) is 6.15. The molecule has 0 atom stereocenters. The maximum Gasteiger partial charge on any atom is 0.274 e. The largest absolute Gasteiger partial charge is 0.490 e. The van der Waals surface area contributed by atoms with Crippen molar-refractivity contribution in [2.45, 2.75) is 26.7 Å². The number of benzene rings is 1. The van der Waals surface area contributed by atoms with Crippen LogP contribution in [0.4, 0.5) is 10.1 Å². The molecule has 0 aliphatic carbocycles. The molecule has 1 aromatic carbocycles. The van der Waals surface area contributed by atoms with Crippen LogP contribution in [0.3, 0.4) is 0 Å². The van der Waals surface area contributed by atoms with Crippen molar-refractivity contribution in [3.63, 3.8) is 0 Å². The molecular formula is C22H20FN3O2. The third-order valence-corrected chi connectivity index (χ3v) is 4.08. The summed E-state index contributed by atoms with van der Waals surface area (Å²) in [7, 11) is 0. The number of ether oxygens (including phenoxy) is 1. The average molecular weight is 377 g/mol. The first-order valence-corrected chi connectivity index (χ1v) is 8.95. The zero-order valence-corrected chi connectivity index (χ0v) is 15.8. The standard InChI is InChI=1S/C22H20FN3O2/c1-3-4-5-6-13-28-19-11-7-9-17(20(19)23)26-22(27)21-15(2)14-18-16(25-21)10-8-12-24-18/h7-12,14H,5-6,13H2,1-2H3,(H,26,27). The third kappa shape index (κ3) is 4.44. The van der Waals surface area contributed by atoms with Gasteiger partial charge < -0.3 is 10.1 Å². The number of amides is 1. The van der Waals surface area contributed by atoms with Crippen LogP contribution in [0.1, 0.15) is 35.8 Å². The topological polar surface area (TPSA) is 64.1 Å². The van der Waals surface area contributed by atoms with Crippen molar-refractivity contribution in [2.24, 2.45) is 0 Å². The third-order valence-electron chi connectivity index (χ3n) is 4.08. The van der Waals surface area contributed by atoms with Gasteiger partial charge in [-0.1, -0.05) is 6.07 Å². The highest BCUT2D eigenvalue weighted by atomic mass is 19.1. The Kier molecular flexibility index (Phi) is 6.18. The lowest BCUT2D eigenvalue weighted by molar-refractivity contribution is 0.102. The monoisotopic (exact) mass is 377 g/mol. The van der Waals surface area contributed by atoms with Crippen molar-refractivity contribution in [3.05, 3.63) is 59.7 Å². The van der Waals surface area contributed by atoms with Gasteiger partial charge in [-0.25, -0.2) is 9.37 Å². The van der Waals surface area contributed by atoms with E-state index in [0.717, 1.165) is 0 Å². The van der Waals surface area contributed by atoms with Gasteiger partial charge in [0.1, 0.15) is 5.69 Å². The lowest BCUT2D eigenvalue weighted by Crippen LogP contribution is -2.16. The van der Waals surface area contributed by atoms with E-state index in [9.17, 15) is 9.18 Å². The first kappa shape index (κ1) is 19.3. The second-order valence-corrected chi connectivity index (χ2v) is 6.15. The van der Waals surface area contributed by atoms with Crippen molar-refractivity contribution < 1.29 is 13.9 Å². The molecule has 0 saturated carbocycles. The molecule has 0 spiro atoms. The Morgan fingerprint density at radius 2 is 2.11 bits per heavy atom. The fourth-order valence-corrected chi connectivity index (χ4v) is 2.69. The fourth-order valence-electron chi connectivity index (χ4n) is 2.69. The Balaban J connectivity index is 1.76. The first-order valence-electron chi connectivity index (χ1n) is 8.95. The number of anilines is 1. The molecule has 1 N–H and O–H groups in total. The summed E-state index contributed by atoms with van der Waals surface area (Å²) in [4.78, 5) is 21.2. The summed E-state index contributed by atoms with van der Waals surface area (Å²) in [6.45, 7) is 3.89. The van der Waals surface area contributed by atoms with E-state index in [1.807, 2.05) is 0 Å². The van der Waals surface area contributed by atoms with Crippen molar-refractivity contribution in [1.29, 1.82) is 0 Å². The molecule has 3 aromatic rings. The SMILES string of the molecule is CC#CCCCOc1cccc(NC(=O)c2nc3cccnc3cc2C)c1F. The van der Waals surface area contributed by atoms with E-state index in [4.69, 9.17) is 4.74 Å². The average Bonchev–Trinajstić information content (AvgIpc) is 2.69. The van der Waals surface area contributed by atoms with Crippen LogP contribution < -0.4 is 10.1 Å². The van der Waals surface area contributed by atoms with Gasteiger partial charge >= 0.3 is 0 Å². The molecule has 0 saturated heterocycles. The predicted molar refractivity (Wildman–Crippen MR) is 107 cm³/mol. The van der Waals surface area contributed by atoms with Crippen LogP contribution in [-0.4, -0.2) is 22.5 Å². The molecule has 0 aliphatic rings. The second kappa shape index (κ2) is 8.96. The summed E-state index contributed by atoms with van der Waals surface area (Å²) in [5.74, 6) is 4.72. The van der Waals surface area contributed by atoms with Crippen molar-refractivity contribution >= 4 is 22.6 Å². The molecule has 2 aromatic heterocycles. The molecule has 0 radical (unpaired) electrons. The van der Waals surface area contributed by atoms with E-state index >= 15 is 0 Å². The molecule has 0 aliphatic heterocycles. The van der Waals surface area contributed by atoms with E-state index in [-0.39, 0.29) is 17.1 Å². The van der Waals surface area contributed by atoms with E-state index in [1.165, 1.54) is 12.1 Å². The van der Waals surface area contributed by atoms with Gasteiger partial charge in [0.2, 0.25) is 0 Å². The van der Waals surface area contributed by atoms with Gasteiger partial charge in [0, 0.05) is 12.6 Å². The number of carbonyl (C=O) groups is 1. The minimum atomic E-state index is -0.613. The highest BCUT2D eigenvalue weighted by molar-refractivity contribution is 6.05. The minimum absolute atomic E-state index is 0.0448. The van der Waals surface area contributed by atoms with Crippen LogP contribution in [0, 0.1) is 24.6 Å². The van der Waals surface area contributed by atoms with Gasteiger partial charge in [-0.3, -0.25) is 9.78 Å². The number of carbonyl (C=O) groups excluding carboxylic acids is 1. The summed E-state index contributed by atoms with van der Waals surface area (Å²) in [5.41, 5.74) is 2.23.